The molecule has 3 aliphatic rings. The monoisotopic (exact) mass is 389 g/mol. The van der Waals surface area contributed by atoms with Gasteiger partial charge in [-0.05, 0) is 29.5 Å². The molecule has 2 atom stereocenters. The highest BCUT2D eigenvalue weighted by Crippen LogP contribution is 2.51. The molecule has 0 radical (unpaired) electrons. The molecule has 1 aliphatic heterocycles. The molecule has 3 nitrogen and oxygen atoms in total. The van der Waals surface area contributed by atoms with Crippen LogP contribution < -0.4 is 0 Å². The number of carbonyl (C=O) groups is 2. The summed E-state index contributed by atoms with van der Waals surface area (Å²) in [5.41, 5.74) is 4.71. The molecule has 4 heteroatoms. The maximum atomic E-state index is 13.3. The molecule has 1 saturated carbocycles. The first-order valence-corrected chi connectivity index (χ1v) is 9.97. The minimum Gasteiger partial charge on any atom is -0.299 e. The number of allylic oxidation sites excluding steroid dienone is 1. The van der Waals surface area contributed by atoms with E-state index in [9.17, 15) is 9.59 Å². The van der Waals surface area contributed by atoms with Crippen molar-refractivity contribution in [1.82, 2.24) is 0 Å². The quantitative estimate of drug-likeness (QED) is 0.647. The van der Waals surface area contributed by atoms with Crippen molar-refractivity contribution in [2.24, 2.45) is 16.3 Å². The molecule has 0 aromatic heterocycles. The molecule has 140 valence electrons. The number of rotatable bonds is 1. The summed E-state index contributed by atoms with van der Waals surface area (Å²) in [5, 5.41) is 0.639. The van der Waals surface area contributed by atoms with Gasteiger partial charge in [-0.1, -0.05) is 61.8 Å². The van der Waals surface area contributed by atoms with E-state index in [4.69, 9.17) is 16.6 Å². The lowest BCUT2D eigenvalue weighted by atomic mass is 9.63. The normalized spacial score (nSPS) is 25.2. The summed E-state index contributed by atoms with van der Waals surface area (Å²) in [5.74, 6) is -0.509. The number of carbonyl (C=O) groups excluding carboxylic acids is 2. The topological polar surface area (TPSA) is 46.5 Å². The molecule has 1 heterocycles. The van der Waals surface area contributed by atoms with Crippen LogP contribution in [-0.2, 0) is 4.79 Å². The van der Waals surface area contributed by atoms with E-state index in [1.165, 1.54) is 0 Å². The Bertz CT molecular complexity index is 1090. The van der Waals surface area contributed by atoms with Gasteiger partial charge in [0, 0.05) is 39.8 Å². The number of nitrogens with zero attached hydrogens (tertiary/aromatic N) is 1. The summed E-state index contributed by atoms with van der Waals surface area (Å²) >= 11 is 6.10. The van der Waals surface area contributed by atoms with E-state index in [-0.39, 0.29) is 28.8 Å². The second-order valence-electron chi connectivity index (χ2n) is 8.73. The number of ketones is 2. The van der Waals surface area contributed by atoms with Crippen molar-refractivity contribution in [3.05, 3.63) is 75.8 Å². The Morgan fingerprint density at radius 2 is 1.61 bits per heavy atom. The smallest absolute Gasteiger partial charge is 0.192 e. The Hall–Kier alpha value is -2.52. The average molecular weight is 390 g/mol. The number of benzene rings is 2. The summed E-state index contributed by atoms with van der Waals surface area (Å²) in [6.45, 7) is 4.22. The van der Waals surface area contributed by atoms with E-state index < -0.39 is 0 Å². The van der Waals surface area contributed by atoms with Gasteiger partial charge in [0.2, 0.25) is 0 Å². The number of halogens is 1. The minimum atomic E-state index is -0.369. The Morgan fingerprint density at radius 3 is 2.32 bits per heavy atom. The maximum absolute atomic E-state index is 13.3. The highest BCUT2D eigenvalue weighted by Gasteiger charge is 2.49. The van der Waals surface area contributed by atoms with Gasteiger partial charge in [0.25, 0.3) is 0 Å². The van der Waals surface area contributed by atoms with Crippen LogP contribution >= 0.6 is 11.6 Å². The van der Waals surface area contributed by atoms with Gasteiger partial charge in [0.15, 0.2) is 5.78 Å². The van der Waals surface area contributed by atoms with Gasteiger partial charge in [-0.15, -0.1) is 0 Å². The van der Waals surface area contributed by atoms with Gasteiger partial charge in [0.1, 0.15) is 5.78 Å². The van der Waals surface area contributed by atoms with Gasteiger partial charge in [-0.25, -0.2) is 0 Å². The molecule has 2 aromatic carbocycles. The standard InChI is InChI=1S/C24H20ClNO2/c1-24(2)11-17-20(18(27)12-24)19(13-7-9-14(25)10-8-13)21-22(26-17)15-5-3-4-6-16(15)23(21)28/h3-10,19-20H,11-12H2,1-2H3/t19-,20?/m0/s1. The second-order valence-corrected chi connectivity index (χ2v) is 9.17. The molecule has 0 bridgehead atoms. The van der Waals surface area contributed by atoms with E-state index in [2.05, 4.69) is 13.8 Å². The van der Waals surface area contributed by atoms with Gasteiger partial charge < -0.3 is 0 Å². The highest BCUT2D eigenvalue weighted by molar-refractivity contribution is 6.30. The van der Waals surface area contributed by atoms with Crippen molar-refractivity contribution in [3.63, 3.8) is 0 Å². The van der Waals surface area contributed by atoms with E-state index in [1.807, 2.05) is 48.5 Å². The largest absolute Gasteiger partial charge is 0.299 e. The van der Waals surface area contributed by atoms with Crippen LogP contribution in [0.4, 0.5) is 0 Å². The molecular formula is C24H20ClNO2. The fourth-order valence-corrected chi connectivity index (χ4v) is 5.08. The molecule has 1 fully saturated rings. The summed E-state index contributed by atoms with van der Waals surface area (Å²) in [7, 11) is 0. The molecule has 0 saturated heterocycles. The first-order chi connectivity index (χ1) is 13.4. The van der Waals surface area contributed by atoms with Gasteiger partial charge >= 0.3 is 0 Å². The molecular weight excluding hydrogens is 370 g/mol. The summed E-state index contributed by atoms with van der Waals surface area (Å²) in [4.78, 5) is 31.5. The molecule has 0 N–H and O–H groups in total. The van der Waals surface area contributed by atoms with Crippen LogP contribution in [0.25, 0.3) is 5.70 Å². The van der Waals surface area contributed by atoms with Crippen LogP contribution in [0.3, 0.4) is 0 Å². The second kappa shape index (κ2) is 5.99. The lowest BCUT2D eigenvalue weighted by molar-refractivity contribution is -0.124. The van der Waals surface area contributed by atoms with Crippen molar-refractivity contribution in [1.29, 1.82) is 0 Å². The van der Waals surface area contributed by atoms with Crippen LogP contribution in [0.5, 0.6) is 0 Å². The zero-order chi connectivity index (χ0) is 19.6. The first-order valence-electron chi connectivity index (χ1n) is 9.60. The first kappa shape index (κ1) is 17.6. The van der Waals surface area contributed by atoms with Crippen LogP contribution in [-0.4, -0.2) is 17.3 Å². The number of Topliss-reactive ketones (excluding diaryl/α,β-unsaturated/α-hetero) is 2. The molecule has 5 rings (SSSR count). The van der Waals surface area contributed by atoms with Crippen molar-refractivity contribution < 1.29 is 9.59 Å². The van der Waals surface area contributed by atoms with Crippen LogP contribution in [0, 0.1) is 11.3 Å². The number of hydrogen-bond acceptors (Lipinski definition) is 3. The zero-order valence-corrected chi connectivity index (χ0v) is 16.6. The molecule has 1 unspecified atom stereocenters. The Morgan fingerprint density at radius 1 is 0.929 bits per heavy atom. The van der Waals surface area contributed by atoms with Crippen molar-refractivity contribution >= 4 is 34.6 Å². The maximum Gasteiger partial charge on any atom is 0.192 e. The molecule has 0 spiro atoms. The number of fused-ring (bicyclic) bond motifs is 3. The predicted molar refractivity (Wildman–Crippen MR) is 111 cm³/mol. The Kier molecular flexibility index (Phi) is 3.76. The summed E-state index contributed by atoms with van der Waals surface area (Å²) in [6, 6.07) is 15.1. The SMILES string of the molecule is CC1(C)CC(=O)C2C(=NC3=C(C(=O)c4ccccc43)[C@H]2c2ccc(Cl)cc2)C1. The van der Waals surface area contributed by atoms with Gasteiger partial charge in [0.05, 0.1) is 11.6 Å². The summed E-state index contributed by atoms with van der Waals surface area (Å²) < 4.78 is 0. The van der Waals surface area contributed by atoms with E-state index in [0.29, 0.717) is 22.6 Å². The summed E-state index contributed by atoms with van der Waals surface area (Å²) in [6.07, 6.45) is 1.27. The van der Waals surface area contributed by atoms with Crippen molar-refractivity contribution in [2.75, 3.05) is 0 Å². The third-order valence-electron chi connectivity index (χ3n) is 6.07. The molecule has 28 heavy (non-hydrogen) atoms. The lowest BCUT2D eigenvalue weighted by Crippen LogP contribution is -2.43. The number of hydrogen-bond donors (Lipinski definition) is 0. The third-order valence-corrected chi connectivity index (χ3v) is 6.33. The van der Waals surface area contributed by atoms with E-state index in [0.717, 1.165) is 29.0 Å². The lowest BCUT2D eigenvalue weighted by Gasteiger charge is -2.40. The molecule has 2 aromatic rings. The fourth-order valence-electron chi connectivity index (χ4n) is 4.95. The predicted octanol–water partition coefficient (Wildman–Crippen LogP) is 5.49. The minimum absolute atomic E-state index is 0.00835. The third kappa shape index (κ3) is 2.53. The van der Waals surface area contributed by atoms with Crippen molar-refractivity contribution in [3.8, 4) is 0 Å². The van der Waals surface area contributed by atoms with E-state index in [1.54, 1.807) is 0 Å². The zero-order valence-electron chi connectivity index (χ0n) is 15.8. The molecule has 0 amide bonds. The van der Waals surface area contributed by atoms with Crippen LogP contribution in [0.1, 0.15) is 54.1 Å². The number of aliphatic imine (C=N–C) groups is 1. The van der Waals surface area contributed by atoms with Crippen LogP contribution in [0.15, 0.2) is 59.1 Å². The van der Waals surface area contributed by atoms with Crippen molar-refractivity contribution in [2.45, 2.75) is 32.6 Å². The van der Waals surface area contributed by atoms with Gasteiger partial charge in [-0.2, -0.15) is 0 Å². The Balaban J connectivity index is 1.75. The highest BCUT2D eigenvalue weighted by atomic mass is 35.5. The average Bonchev–Trinajstić information content (AvgIpc) is 2.93. The fraction of sp³-hybridized carbons (Fsp3) is 0.292. The van der Waals surface area contributed by atoms with Gasteiger partial charge in [-0.3, -0.25) is 14.6 Å². The van der Waals surface area contributed by atoms with Crippen LogP contribution in [0.2, 0.25) is 5.02 Å². The molecule has 2 aliphatic carbocycles. The Labute approximate surface area is 169 Å². The van der Waals surface area contributed by atoms with E-state index >= 15 is 0 Å².